The van der Waals surface area contributed by atoms with Gasteiger partial charge in [0.15, 0.2) is 0 Å². The number of nitrogens with one attached hydrogen (secondary N) is 2. The van der Waals surface area contributed by atoms with Crippen LogP contribution in [0.1, 0.15) is 37.8 Å². The Kier molecular flexibility index (Phi) is 8.49. The molecule has 1 amide bonds. The van der Waals surface area contributed by atoms with Crippen molar-refractivity contribution in [3.05, 3.63) is 48.0 Å². The summed E-state index contributed by atoms with van der Waals surface area (Å²) < 4.78 is 0. The Morgan fingerprint density at radius 3 is 2.59 bits per heavy atom. The predicted octanol–water partition coefficient (Wildman–Crippen LogP) is 3.42. The number of hydrogen-bond donors (Lipinski definition) is 2. The lowest BCUT2D eigenvalue weighted by Gasteiger charge is -2.16. The fourth-order valence-electron chi connectivity index (χ4n) is 1.97. The number of carbonyl (C=O) groups excluding carboxylic acids is 1. The molecule has 0 radical (unpaired) electrons. The monoisotopic (exact) mass is 363 g/mol. The van der Waals surface area contributed by atoms with Crippen LogP contribution in [0.25, 0.3) is 0 Å². The molecule has 118 valence electrons. The van der Waals surface area contributed by atoms with Crippen molar-refractivity contribution in [3.8, 4) is 6.07 Å². The van der Waals surface area contributed by atoms with Crippen LogP contribution in [0.2, 0.25) is 0 Å². The van der Waals surface area contributed by atoms with Crippen molar-refractivity contribution in [1.29, 1.82) is 5.26 Å². The zero-order valence-corrected chi connectivity index (χ0v) is 14.4. The SMILES string of the molecule is BrC1CCCCN1.C=C(C#N)C(=O)N[C@@H](C)c1ccccc1. The predicted molar refractivity (Wildman–Crippen MR) is 92.3 cm³/mol. The highest BCUT2D eigenvalue weighted by atomic mass is 79.9. The Balaban J connectivity index is 0.000000287. The van der Waals surface area contributed by atoms with Crippen molar-refractivity contribution >= 4 is 21.8 Å². The van der Waals surface area contributed by atoms with Crippen LogP contribution >= 0.6 is 15.9 Å². The minimum atomic E-state index is -0.422. The van der Waals surface area contributed by atoms with E-state index in [4.69, 9.17) is 5.26 Å². The number of nitrogens with zero attached hydrogens (tertiary/aromatic N) is 1. The Morgan fingerprint density at radius 1 is 1.45 bits per heavy atom. The zero-order chi connectivity index (χ0) is 16.4. The highest BCUT2D eigenvalue weighted by Gasteiger charge is 2.11. The summed E-state index contributed by atoms with van der Waals surface area (Å²) in [6.45, 7) is 6.40. The lowest BCUT2D eigenvalue weighted by atomic mass is 10.1. The average Bonchev–Trinajstić information content (AvgIpc) is 2.56. The number of amides is 1. The number of rotatable bonds is 3. The van der Waals surface area contributed by atoms with E-state index in [9.17, 15) is 4.79 Å². The van der Waals surface area contributed by atoms with E-state index in [1.807, 2.05) is 37.3 Å². The maximum Gasteiger partial charge on any atom is 0.261 e. The number of nitriles is 1. The van der Waals surface area contributed by atoms with Crippen molar-refractivity contribution in [2.45, 2.75) is 37.2 Å². The molecule has 0 aromatic heterocycles. The topological polar surface area (TPSA) is 64.9 Å². The molecule has 1 heterocycles. The lowest BCUT2D eigenvalue weighted by molar-refractivity contribution is -0.117. The van der Waals surface area contributed by atoms with Gasteiger partial charge in [-0.3, -0.25) is 4.79 Å². The molecule has 22 heavy (non-hydrogen) atoms. The van der Waals surface area contributed by atoms with Gasteiger partial charge in [0.2, 0.25) is 0 Å². The minimum absolute atomic E-state index is 0.0715. The van der Waals surface area contributed by atoms with Crippen molar-refractivity contribution < 1.29 is 4.79 Å². The van der Waals surface area contributed by atoms with Crippen LogP contribution < -0.4 is 10.6 Å². The Hall–Kier alpha value is -1.64. The molecule has 2 atom stereocenters. The molecule has 5 heteroatoms. The second-order valence-electron chi connectivity index (χ2n) is 5.11. The molecular weight excluding hydrogens is 342 g/mol. The molecule has 1 saturated heterocycles. The summed E-state index contributed by atoms with van der Waals surface area (Å²) in [5.74, 6) is -0.422. The molecule has 1 fully saturated rings. The zero-order valence-electron chi connectivity index (χ0n) is 12.8. The Labute approximate surface area is 140 Å². The highest BCUT2D eigenvalue weighted by Crippen LogP contribution is 2.11. The molecule has 2 rings (SSSR count). The first-order valence-corrected chi connectivity index (χ1v) is 8.28. The normalized spacial score (nSPS) is 18.1. The molecule has 4 nitrogen and oxygen atoms in total. The van der Waals surface area contributed by atoms with Gasteiger partial charge in [-0.15, -0.1) is 0 Å². The smallest absolute Gasteiger partial charge is 0.261 e. The van der Waals surface area contributed by atoms with Crippen molar-refractivity contribution in [3.63, 3.8) is 0 Å². The third kappa shape index (κ3) is 6.88. The van der Waals surface area contributed by atoms with Gasteiger partial charge >= 0.3 is 0 Å². The van der Waals surface area contributed by atoms with Gasteiger partial charge in [-0.05, 0) is 38.3 Å². The molecule has 0 bridgehead atoms. The number of hydrogen-bond acceptors (Lipinski definition) is 3. The van der Waals surface area contributed by atoms with E-state index >= 15 is 0 Å². The lowest BCUT2D eigenvalue weighted by Crippen LogP contribution is -2.28. The largest absolute Gasteiger partial charge is 0.345 e. The fraction of sp³-hybridized carbons (Fsp3) is 0.412. The van der Waals surface area contributed by atoms with Gasteiger partial charge in [0.25, 0.3) is 5.91 Å². The summed E-state index contributed by atoms with van der Waals surface area (Å²) in [7, 11) is 0. The highest BCUT2D eigenvalue weighted by molar-refractivity contribution is 9.09. The van der Waals surface area contributed by atoms with Gasteiger partial charge in [0, 0.05) is 0 Å². The maximum absolute atomic E-state index is 11.3. The van der Waals surface area contributed by atoms with Crippen molar-refractivity contribution in [1.82, 2.24) is 10.6 Å². The van der Waals surface area contributed by atoms with E-state index in [0.717, 1.165) is 5.56 Å². The van der Waals surface area contributed by atoms with E-state index in [0.29, 0.717) is 4.95 Å². The molecule has 0 saturated carbocycles. The summed E-state index contributed by atoms with van der Waals surface area (Å²) in [5, 5.41) is 14.5. The van der Waals surface area contributed by atoms with Gasteiger partial charge in [0.05, 0.1) is 11.0 Å². The maximum atomic E-state index is 11.3. The van der Waals surface area contributed by atoms with Gasteiger partial charge in [-0.25, -0.2) is 0 Å². The number of carbonyl (C=O) groups is 1. The van der Waals surface area contributed by atoms with Crippen molar-refractivity contribution in [2.75, 3.05) is 6.54 Å². The Bertz CT molecular complexity index is 518. The van der Waals surface area contributed by atoms with Gasteiger partial charge in [0.1, 0.15) is 11.6 Å². The van der Waals surface area contributed by atoms with Gasteiger partial charge in [-0.1, -0.05) is 52.8 Å². The molecule has 1 aromatic carbocycles. The summed E-state index contributed by atoms with van der Waals surface area (Å²) in [4.78, 5) is 11.9. The van der Waals surface area contributed by atoms with E-state index < -0.39 is 5.91 Å². The quantitative estimate of drug-likeness (QED) is 0.374. The molecule has 1 aliphatic rings. The van der Waals surface area contributed by atoms with Crippen LogP contribution in [-0.4, -0.2) is 17.4 Å². The summed E-state index contributed by atoms with van der Waals surface area (Å²) in [5.41, 5.74) is 0.925. The summed E-state index contributed by atoms with van der Waals surface area (Å²) in [6.07, 6.45) is 4.02. The van der Waals surface area contributed by atoms with E-state index in [2.05, 4.69) is 33.1 Å². The number of halogens is 1. The second kappa shape index (κ2) is 10.1. The first kappa shape index (κ1) is 18.4. The van der Waals surface area contributed by atoms with E-state index in [1.54, 1.807) is 6.07 Å². The first-order valence-electron chi connectivity index (χ1n) is 7.37. The van der Waals surface area contributed by atoms with Crippen LogP contribution in [0.5, 0.6) is 0 Å². The number of piperidine rings is 1. The molecule has 2 N–H and O–H groups in total. The Morgan fingerprint density at radius 2 is 2.14 bits per heavy atom. The standard InChI is InChI=1S/C12H12N2O.C5H10BrN/c1-9(8-13)12(15)14-10(2)11-6-4-3-5-7-11;6-5-3-1-2-4-7-5/h3-7,10H,1H2,2H3,(H,14,15);5,7H,1-4H2/t10-;/m0./s1. The molecule has 1 aliphatic heterocycles. The second-order valence-corrected chi connectivity index (χ2v) is 6.22. The van der Waals surface area contributed by atoms with Crippen LogP contribution in [0.15, 0.2) is 42.5 Å². The van der Waals surface area contributed by atoms with Crippen LogP contribution in [0.4, 0.5) is 0 Å². The molecule has 0 spiro atoms. The number of alkyl halides is 1. The molecule has 1 unspecified atom stereocenters. The van der Waals surface area contributed by atoms with Gasteiger partial charge < -0.3 is 10.6 Å². The van der Waals surface area contributed by atoms with Crippen LogP contribution in [0.3, 0.4) is 0 Å². The molecular formula is C17H22BrN3O. The van der Waals surface area contributed by atoms with Crippen molar-refractivity contribution in [2.24, 2.45) is 0 Å². The first-order chi connectivity index (χ1) is 10.5. The van der Waals surface area contributed by atoms with Crippen LogP contribution in [-0.2, 0) is 4.79 Å². The summed E-state index contributed by atoms with van der Waals surface area (Å²) in [6, 6.07) is 11.1. The molecule has 1 aromatic rings. The third-order valence-corrected chi connectivity index (χ3v) is 4.09. The third-order valence-electron chi connectivity index (χ3n) is 3.31. The average molecular weight is 364 g/mol. The fourth-order valence-corrected chi connectivity index (χ4v) is 2.52. The van der Waals surface area contributed by atoms with Crippen LogP contribution in [0, 0.1) is 11.3 Å². The van der Waals surface area contributed by atoms with E-state index in [-0.39, 0.29) is 11.6 Å². The molecule has 0 aliphatic carbocycles. The summed E-state index contributed by atoms with van der Waals surface area (Å²) >= 11 is 3.48. The minimum Gasteiger partial charge on any atom is -0.345 e. The van der Waals surface area contributed by atoms with Gasteiger partial charge in [-0.2, -0.15) is 5.26 Å². The number of benzene rings is 1. The van der Waals surface area contributed by atoms with E-state index in [1.165, 1.54) is 25.8 Å².